The molecule has 2 amide bonds. The van der Waals surface area contributed by atoms with Crippen LogP contribution in [0.2, 0.25) is 0 Å². The van der Waals surface area contributed by atoms with Crippen LogP contribution in [-0.2, 0) is 9.59 Å². The number of nitrogens with one attached hydrogen (secondary N) is 2. The normalized spacial score (nSPS) is 12.3. The van der Waals surface area contributed by atoms with Crippen molar-refractivity contribution in [1.29, 1.82) is 5.26 Å². The summed E-state index contributed by atoms with van der Waals surface area (Å²) in [4.78, 5) is 26.4. The molecule has 152 valence electrons. The van der Waals surface area contributed by atoms with Gasteiger partial charge in [-0.25, -0.2) is 0 Å². The molecule has 1 aromatic carbocycles. The van der Waals surface area contributed by atoms with Crippen LogP contribution in [0.4, 0.5) is 11.4 Å². The van der Waals surface area contributed by atoms with Gasteiger partial charge in [-0.2, -0.15) is 5.26 Å². The lowest BCUT2D eigenvalue weighted by Gasteiger charge is -2.23. The SMILES string of the molecule is CCN(CCC#N)C(=O)C(C=CNc1cccc(NC(=O)C(C)(C)C)c1)SC. The molecule has 1 unspecified atom stereocenters. The number of thioether (sulfide) groups is 1. The van der Waals surface area contributed by atoms with Crippen molar-refractivity contribution < 1.29 is 9.59 Å². The molecule has 0 fully saturated rings. The molecule has 0 aromatic heterocycles. The van der Waals surface area contributed by atoms with E-state index in [2.05, 4.69) is 16.7 Å². The second-order valence-corrected chi connectivity index (χ2v) is 8.25. The van der Waals surface area contributed by atoms with E-state index in [1.807, 2.05) is 64.3 Å². The van der Waals surface area contributed by atoms with Crippen molar-refractivity contribution >= 4 is 35.0 Å². The number of nitriles is 1. The third kappa shape index (κ3) is 7.65. The van der Waals surface area contributed by atoms with Crippen LogP contribution < -0.4 is 10.6 Å². The monoisotopic (exact) mass is 402 g/mol. The van der Waals surface area contributed by atoms with Gasteiger partial charge < -0.3 is 15.5 Å². The van der Waals surface area contributed by atoms with Crippen LogP contribution in [0.15, 0.2) is 36.5 Å². The molecule has 1 aromatic rings. The summed E-state index contributed by atoms with van der Waals surface area (Å²) in [6, 6.07) is 9.49. The van der Waals surface area contributed by atoms with Gasteiger partial charge >= 0.3 is 0 Å². The molecule has 0 aliphatic heterocycles. The first-order chi connectivity index (χ1) is 13.2. The third-order valence-electron chi connectivity index (χ3n) is 4.01. The van der Waals surface area contributed by atoms with Gasteiger partial charge in [0.25, 0.3) is 0 Å². The zero-order chi connectivity index (χ0) is 21.2. The minimum Gasteiger partial charge on any atom is -0.362 e. The number of carbonyl (C=O) groups is 2. The fraction of sp³-hybridized carbons (Fsp3) is 0.476. The predicted octanol–water partition coefficient (Wildman–Crippen LogP) is 4.09. The van der Waals surface area contributed by atoms with E-state index >= 15 is 0 Å². The average molecular weight is 403 g/mol. The van der Waals surface area contributed by atoms with Gasteiger partial charge in [0.15, 0.2) is 0 Å². The molecule has 0 radical (unpaired) electrons. The molecule has 6 nitrogen and oxygen atoms in total. The Labute approximate surface area is 172 Å². The van der Waals surface area contributed by atoms with E-state index in [4.69, 9.17) is 5.26 Å². The second kappa shape index (κ2) is 11.4. The van der Waals surface area contributed by atoms with Crippen molar-refractivity contribution in [2.24, 2.45) is 5.41 Å². The maximum Gasteiger partial charge on any atom is 0.239 e. The van der Waals surface area contributed by atoms with Crippen LogP contribution >= 0.6 is 11.8 Å². The van der Waals surface area contributed by atoms with Gasteiger partial charge in [0.2, 0.25) is 11.8 Å². The Morgan fingerprint density at radius 3 is 2.57 bits per heavy atom. The van der Waals surface area contributed by atoms with E-state index in [1.165, 1.54) is 11.8 Å². The molecule has 0 saturated carbocycles. The smallest absolute Gasteiger partial charge is 0.239 e. The fourth-order valence-corrected chi connectivity index (χ4v) is 2.87. The van der Waals surface area contributed by atoms with Crippen molar-refractivity contribution in [2.75, 3.05) is 30.0 Å². The van der Waals surface area contributed by atoms with Crippen LogP contribution in [0.3, 0.4) is 0 Å². The molecular weight excluding hydrogens is 372 g/mol. The molecule has 28 heavy (non-hydrogen) atoms. The summed E-state index contributed by atoms with van der Waals surface area (Å²) < 4.78 is 0. The first-order valence-corrected chi connectivity index (χ1v) is 10.5. The topological polar surface area (TPSA) is 85.2 Å². The van der Waals surface area contributed by atoms with Gasteiger partial charge in [-0.1, -0.05) is 26.8 Å². The van der Waals surface area contributed by atoms with Gasteiger partial charge in [0.05, 0.1) is 12.5 Å². The first-order valence-electron chi connectivity index (χ1n) is 9.26. The highest BCUT2D eigenvalue weighted by Gasteiger charge is 2.21. The summed E-state index contributed by atoms with van der Waals surface area (Å²) in [6.45, 7) is 8.52. The summed E-state index contributed by atoms with van der Waals surface area (Å²) in [7, 11) is 0. The fourth-order valence-electron chi connectivity index (χ4n) is 2.29. The summed E-state index contributed by atoms with van der Waals surface area (Å²) in [5, 5.41) is 14.5. The average Bonchev–Trinajstić information content (AvgIpc) is 2.65. The number of rotatable bonds is 9. The number of hydrogen-bond acceptors (Lipinski definition) is 5. The van der Waals surface area contributed by atoms with Gasteiger partial charge in [0, 0.05) is 29.9 Å². The standard InChI is InChI=1S/C21H30N4O2S/c1-6-25(14-8-12-22)19(26)18(28-5)11-13-23-16-9-7-10-17(15-16)24-20(27)21(2,3)4/h7,9-11,13,15,18,23H,6,8,14H2,1-5H3,(H,24,27). The third-order valence-corrected chi connectivity index (χ3v) is 4.87. The van der Waals surface area contributed by atoms with Gasteiger partial charge in [-0.15, -0.1) is 11.8 Å². The molecule has 0 heterocycles. The Bertz CT molecular complexity index is 735. The zero-order valence-electron chi connectivity index (χ0n) is 17.3. The van der Waals surface area contributed by atoms with Crippen LogP contribution in [0.25, 0.3) is 0 Å². The minimum absolute atomic E-state index is 0.00510. The van der Waals surface area contributed by atoms with E-state index in [1.54, 1.807) is 11.1 Å². The highest BCUT2D eigenvalue weighted by molar-refractivity contribution is 8.00. The molecule has 0 spiro atoms. The van der Waals surface area contributed by atoms with E-state index in [9.17, 15) is 9.59 Å². The molecule has 1 atom stereocenters. The maximum absolute atomic E-state index is 12.6. The van der Waals surface area contributed by atoms with Crippen LogP contribution in [0.5, 0.6) is 0 Å². The molecule has 0 bridgehead atoms. The number of benzene rings is 1. The maximum atomic E-state index is 12.6. The lowest BCUT2D eigenvalue weighted by atomic mass is 9.95. The largest absolute Gasteiger partial charge is 0.362 e. The highest BCUT2D eigenvalue weighted by Crippen LogP contribution is 2.20. The first kappa shape index (κ1) is 23.6. The molecule has 7 heteroatoms. The molecule has 0 aliphatic rings. The van der Waals surface area contributed by atoms with Gasteiger partial charge in [-0.05, 0) is 43.7 Å². The Hall–Kier alpha value is -2.46. The number of amides is 2. The summed E-state index contributed by atoms with van der Waals surface area (Å²) in [6.07, 6.45) is 5.76. The van der Waals surface area contributed by atoms with Crippen molar-refractivity contribution in [3.63, 3.8) is 0 Å². The zero-order valence-corrected chi connectivity index (χ0v) is 18.1. The molecule has 0 saturated heterocycles. The van der Waals surface area contributed by atoms with Crippen LogP contribution in [0, 0.1) is 16.7 Å². The molecule has 0 aliphatic carbocycles. The van der Waals surface area contributed by atoms with E-state index in [0.29, 0.717) is 25.2 Å². The van der Waals surface area contributed by atoms with Crippen LogP contribution in [0.1, 0.15) is 34.1 Å². The second-order valence-electron chi connectivity index (χ2n) is 7.27. The lowest BCUT2D eigenvalue weighted by molar-refractivity contribution is -0.129. The Morgan fingerprint density at radius 2 is 2.00 bits per heavy atom. The summed E-state index contributed by atoms with van der Waals surface area (Å²) in [5.74, 6) is -0.0558. The number of anilines is 2. The van der Waals surface area contributed by atoms with Gasteiger partial charge in [-0.3, -0.25) is 9.59 Å². The van der Waals surface area contributed by atoms with E-state index in [-0.39, 0.29) is 17.1 Å². The predicted molar refractivity (Wildman–Crippen MR) is 117 cm³/mol. The van der Waals surface area contributed by atoms with E-state index in [0.717, 1.165) is 5.69 Å². The Morgan fingerprint density at radius 1 is 1.32 bits per heavy atom. The van der Waals surface area contributed by atoms with Gasteiger partial charge in [0.1, 0.15) is 5.25 Å². The Kier molecular flexibility index (Phi) is 9.60. The van der Waals surface area contributed by atoms with Crippen molar-refractivity contribution in [3.8, 4) is 6.07 Å². The van der Waals surface area contributed by atoms with Crippen molar-refractivity contribution in [1.82, 2.24) is 4.90 Å². The Balaban J connectivity index is 2.74. The minimum atomic E-state index is -0.466. The lowest BCUT2D eigenvalue weighted by Crippen LogP contribution is -2.37. The molecule has 2 N–H and O–H groups in total. The molecule has 1 rings (SSSR count). The molecular formula is C21H30N4O2S. The van der Waals surface area contributed by atoms with Crippen molar-refractivity contribution in [3.05, 3.63) is 36.5 Å². The van der Waals surface area contributed by atoms with Crippen molar-refractivity contribution in [2.45, 2.75) is 39.4 Å². The summed E-state index contributed by atoms with van der Waals surface area (Å²) in [5.41, 5.74) is 1.06. The van der Waals surface area contributed by atoms with Crippen LogP contribution in [-0.4, -0.2) is 41.3 Å². The summed E-state index contributed by atoms with van der Waals surface area (Å²) >= 11 is 1.45. The highest BCUT2D eigenvalue weighted by atomic mass is 32.2. The quantitative estimate of drug-likeness (QED) is 0.650. The number of hydrogen-bond donors (Lipinski definition) is 2. The van der Waals surface area contributed by atoms with E-state index < -0.39 is 5.41 Å². The number of carbonyl (C=O) groups excluding carboxylic acids is 2. The number of nitrogens with zero attached hydrogens (tertiary/aromatic N) is 2.